The number of nitrogens with one attached hydrogen (secondary N) is 1. The summed E-state index contributed by atoms with van der Waals surface area (Å²) in [7, 11) is 0. The van der Waals surface area contributed by atoms with Gasteiger partial charge in [0.25, 0.3) is 0 Å². The minimum Gasteiger partial charge on any atom is -0.264 e. The Morgan fingerprint density at radius 1 is 1.80 bits per heavy atom. The molecule has 0 atom stereocenters. The smallest absolute Gasteiger partial charge is 0.0839 e. The van der Waals surface area contributed by atoms with E-state index in [0.717, 1.165) is 0 Å². The van der Waals surface area contributed by atoms with Gasteiger partial charge in [0.2, 0.25) is 0 Å². The van der Waals surface area contributed by atoms with Crippen LogP contribution >= 0.6 is 12.2 Å². The number of hydrogen-bond acceptors (Lipinski definition) is 3. The molecule has 1 N–H and O–H groups in total. The minimum absolute atomic E-state index is 1.24. The van der Waals surface area contributed by atoms with Crippen LogP contribution in [-0.4, -0.2) is 5.49 Å². The first kappa shape index (κ1) is 4.91. The standard InChI is InChI=1S/CH2N2S2/c4-1-2-3-5/h1H,(H,2,4,5). The number of nitrogens with zero attached hydrogens (tertiary/aromatic N) is 1. The van der Waals surface area contributed by atoms with Gasteiger partial charge in [-0.25, -0.2) is 0 Å². The van der Waals surface area contributed by atoms with E-state index in [0.29, 0.717) is 0 Å². The third-order valence-corrected chi connectivity index (χ3v) is 0.316. The van der Waals surface area contributed by atoms with Crippen molar-refractivity contribution < 1.29 is 0 Å². The maximum absolute atomic E-state index is 4.25. The Kier molecular flexibility index (Phi) is 3.84. The second kappa shape index (κ2) is 3.91. The fourth-order valence-electron chi connectivity index (χ4n) is 0.0215. The highest BCUT2D eigenvalue weighted by molar-refractivity contribution is 7.78. The molecule has 5 heavy (non-hydrogen) atoms. The van der Waals surface area contributed by atoms with Gasteiger partial charge in [-0.15, -0.1) is 4.47 Å². The zero-order valence-corrected chi connectivity index (χ0v) is 3.97. The molecule has 0 aromatic rings. The van der Waals surface area contributed by atoms with Gasteiger partial charge in [-0.1, -0.05) is 12.2 Å². The van der Waals surface area contributed by atoms with Crippen LogP contribution in [-0.2, 0) is 12.4 Å². The number of thiocarbonyl (C=S) groups is 1. The molecule has 4 heteroatoms. The molecule has 0 unspecified atom stereocenters. The van der Waals surface area contributed by atoms with Gasteiger partial charge in [-0.05, 0) is 0 Å². The van der Waals surface area contributed by atoms with Crippen LogP contribution in [0.4, 0.5) is 0 Å². The van der Waals surface area contributed by atoms with Gasteiger partial charge in [-0.3, -0.25) is 5.43 Å². The highest BCUT2D eigenvalue weighted by Crippen LogP contribution is 1.41. The average molecular weight is 106 g/mol. The Labute approximate surface area is 40.7 Å². The van der Waals surface area contributed by atoms with E-state index in [1.807, 2.05) is 0 Å². The van der Waals surface area contributed by atoms with Crippen molar-refractivity contribution in [3.8, 4) is 0 Å². The zero-order chi connectivity index (χ0) is 4.12. The van der Waals surface area contributed by atoms with E-state index in [4.69, 9.17) is 0 Å². The van der Waals surface area contributed by atoms with Crippen molar-refractivity contribution in [2.45, 2.75) is 0 Å². The molecule has 0 aliphatic heterocycles. The molecule has 0 fully saturated rings. The van der Waals surface area contributed by atoms with E-state index in [2.05, 4.69) is 34.5 Å². The summed E-state index contributed by atoms with van der Waals surface area (Å²) in [6.45, 7) is 0. The quantitative estimate of drug-likeness (QED) is 0.401. The largest absolute Gasteiger partial charge is 0.264 e. The van der Waals surface area contributed by atoms with Crippen molar-refractivity contribution in [3.05, 3.63) is 0 Å². The van der Waals surface area contributed by atoms with E-state index in [-0.39, 0.29) is 0 Å². The van der Waals surface area contributed by atoms with E-state index in [1.54, 1.807) is 0 Å². The monoisotopic (exact) mass is 106 g/mol. The molecule has 0 spiro atoms. The molecule has 0 saturated carbocycles. The van der Waals surface area contributed by atoms with Crippen LogP contribution < -0.4 is 5.43 Å². The van der Waals surface area contributed by atoms with Crippen LogP contribution in [0.25, 0.3) is 0 Å². The predicted octanol–water partition coefficient (Wildman–Crippen LogP) is 0.179. The number of rotatable bonds is 2. The van der Waals surface area contributed by atoms with Crippen molar-refractivity contribution in [2.24, 2.45) is 4.47 Å². The molecule has 0 radical (unpaired) electrons. The molecular weight excluding hydrogens is 104 g/mol. The molecule has 2 nitrogen and oxygen atoms in total. The Morgan fingerprint density at radius 3 is 2.40 bits per heavy atom. The molecule has 0 heterocycles. The molecule has 0 amide bonds. The fourth-order valence-corrected chi connectivity index (χ4v) is 0.194. The predicted molar refractivity (Wildman–Crippen MR) is 26.6 cm³/mol. The summed E-state index contributed by atoms with van der Waals surface area (Å²) < 4.78 is 3.03. The van der Waals surface area contributed by atoms with Gasteiger partial charge in [0.05, 0.1) is 17.9 Å². The summed E-state index contributed by atoms with van der Waals surface area (Å²) in [5, 5.41) is 0. The fraction of sp³-hybridized carbons (Fsp3) is 0. The van der Waals surface area contributed by atoms with Gasteiger partial charge >= 0.3 is 0 Å². The first-order valence-electron chi connectivity index (χ1n) is 0.931. The lowest BCUT2D eigenvalue weighted by Crippen LogP contribution is -1.93. The van der Waals surface area contributed by atoms with E-state index in [9.17, 15) is 0 Å². The summed E-state index contributed by atoms with van der Waals surface area (Å²) in [6.07, 6.45) is 0. The normalized spacial score (nSPS) is 5.60. The third kappa shape index (κ3) is 3.91. The maximum Gasteiger partial charge on any atom is 0.0839 e. The Morgan fingerprint density at radius 2 is 2.40 bits per heavy atom. The van der Waals surface area contributed by atoms with E-state index in [1.165, 1.54) is 5.49 Å². The Hall–Kier alpha value is -0.0900. The topological polar surface area (TPSA) is 24.4 Å². The van der Waals surface area contributed by atoms with Gasteiger partial charge in [0.15, 0.2) is 0 Å². The summed E-state index contributed by atoms with van der Waals surface area (Å²) >= 11 is 8.32. The maximum atomic E-state index is 4.25. The zero-order valence-electron chi connectivity index (χ0n) is 2.34. The van der Waals surface area contributed by atoms with Crippen LogP contribution in [0.15, 0.2) is 4.47 Å². The Balaban J connectivity index is 2.65. The van der Waals surface area contributed by atoms with Crippen molar-refractivity contribution in [1.82, 2.24) is 5.43 Å². The van der Waals surface area contributed by atoms with Gasteiger partial charge in [0, 0.05) is 0 Å². The van der Waals surface area contributed by atoms with Crippen LogP contribution in [0.3, 0.4) is 0 Å². The van der Waals surface area contributed by atoms with Crippen molar-refractivity contribution in [2.75, 3.05) is 0 Å². The summed E-state index contributed by atoms with van der Waals surface area (Å²) in [6, 6.07) is 0. The second-order valence-electron chi connectivity index (χ2n) is 0.338. The van der Waals surface area contributed by atoms with Gasteiger partial charge in [-0.2, -0.15) is 0 Å². The highest BCUT2D eigenvalue weighted by Gasteiger charge is 1.48. The molecule has 0 aromatic carbocycles. The van der Waals surface area contributed by atoms with E-state index < -0.39 is 0 Å². The summed E-state index contributed by atoms with van der Waals surface area (Å²) in [4.78, 5) is 0. The van der Waals surface area contributed by atoms with Gasteiger partial charge < -0.3 is 0 Å². The molecule has 0 aromatic heterocycles. The van der Waals surface area contributed by atoms with Crippen LogP contribution in [0, 0.1) is 0 Å². The second-order valence-corrected chi connectivity index (χ2v) is 0.757. The SMILES string of the molecule is S=CNN=S. The van der Waals surface area contributed by atoms with E-state index >= 15 is 0 Å². The minimum atomic E-state index is 1.24. The lowest BCUT2D eigenvalue weighted by atomic mass is 11.5. The molecule has 0 bridgehead atoms. The molecule has 0 aliphatic rings. The lowest BCUT2D eigenvalue weighted by molar-refractivity contribution is 1.11. The van der Waals surface area contributed by atoms with Crippen molar-refractivity contribution >= 4 is 30.1 Å². The van der Waals surface area contributed by atoms with Crippen LogP contribution in [0.1, 0.15) is 0 Å². The van der Waals surface area contributed by atoms with Gasteiger partial charge in [0.1, 0.15) is 0 Å². The van der Waals surface area contributed by atoms with Crippen LogP contribution in [0.2, 0.25) is 0 Å². The van der Waals surface area contributed by atoms with Crippen molar-refractivity contribution in [1.29, 1.82) is 0 Å². The first-order chi connectivity index (χ1) is 2.41. The molecular formula is CH2N2S2. The number of hydrogen-bond donors (Lipinski definition) is 1. The highest BCUT2D eigenvalue weighted by atomic mass is 32.1. The average Bonchev–Trinajstić information content (AvgIpc) is 1.41. The van der Waals surface area contributed by atoms with Crippen molar-refractivity contribution in [3.63, 3.8) is 0 Å². The summed E-state index contributed by atoms with van der Waals surface area (Å²) in [5.41, 5.74) is 3.48. The molecule has 0 saturated heterocycles. The van der Waals surface area contributed by atoms with Crippen LogP contribution in [0.5, 0.6) is 0 Å². The summed E-state index contributed by atoms with van der Waals surface area (Å²) in [5.74, 6) is 0. The third-order valence-electron chi connectivity index (χ3n) is 0.105. The lowest BCUT2D eigenvalue weighted by Gasteiger charge is -1.70. The Bertz CT molecular complexity index is 36.9. The molecule has 0 rings (SSSR count). The molecule has 0 aliphatic carbocycles. The molecule has 28 valence electrons. The first-order valence-corrected chi connectivity index (χ1v) is 1.77.